The molecule has 2 aromatic rings. The van der Waals surface area contributed by atoms with Gasteiger partial charge in [0.25, 0.3) is 0 Å². The third kappa shape index (κ3) is 3.14. The van der Waals surface area contributed by atoms with E-state index in [0.717, 1.165) is 12.1 Å². The van der Waals surface area contributed by atoms with Crippen LogP contribution in [0, 0.1) is 13.8 Å². The number of benzene rings is 1. The van der Waals surface area contributed by atoms with E-state index in [0.29, 0.717) is 10.0 Å². The van der Waals surface area contributed by atoms with Crippen molar-refractivity contribution in [2.75, 3.05) is 6.54 Å². The van der Waals surface area contributed by atoms with Gasteiger partial charge in [-0.15, -0.1) is 11.3 Å². The molecule has 0 spiro atoms. The van der Waals surface area contributed by atoms with Gasteiger partial charge in [-0.2, -0.15) is 0 Å². The first-order valence-corrected chi connectivity index (χ1v) is 7.86. The lowest BCUT2D eigenvalue weighted by molar-refractivity contribution is 0.630. The minimum Gasteiger partial charge on any atom is -0.306 e. The minimum atomic E-state index is 0.0983. The first-order valence-electron chi connectivity index (χ1n) is 6.28. The van der Waals surface area contributed by atoms with Gasteiger partial charge in [0.2, 0.25) is 0 Å². The molecular weight excluding hydrogens is 297 g/mol. The third-order valence-corrected chi connectivity index (χ3v) is 4.91. The number of halogens is 2. The summed E-state index contributed by atoms with van der Waals surface area (Å²) >= 11 is 14.3. The lowest BCUT2D eigenvalue weighted by atomic mass is 9.99. The normalized spacial score (nSPS) is 12.7. The van der Waals surface area contributed by atoms with Crippen LogP contribution in [0.4, 0.5) is 0 Å². The Morgan fingerprint density at radius 3 is 2.53 bits per heavy atom. The second-order valence-corrected chi connectivity index (χ2v) is 6.75. The van der Waals surface area contributed by atoms with Crippen molar-refractivity contribution in [2.45, 2.75) is 26.8 Å². The van der Waals surface area contributed by atoms with E-state index in [-0.39, 0.29) is 6.04 Å². The van der Waals surface area contributed by atoms with E-state index in [2.05, 4.69) is 32.2 Å². The molecule has 0 aliphatic carbocycles. The third-order valence-electron chi connectivity index (χ3n) is 3.09. The second kappa shape index (κ2) is 6.27. The van der Waals surface area contributed by atoms with Crippen molar-refractivity contribution in [2.24, 2.45) is 0 Å². The monoisotopic (exact) mass is 313 g/mol. The fourth-order valence-electron chi connectivity index (χ4n) is 2.27. The molecule has 0 fully saturated rings. The Balaban J connectivity index is 2.51. The highest BCUT2D eigenvalue weighted by Gasteiger charge is 2.20. The quantitative estimate of drug-likeness (QED) is 0.800. The fourth-order valence-corrected chi connectivity index (χ4v) is 3.65. The van der Waals surface area contributed by atoms with E-state index in [1.807, 2.05) is 29.5 Å². The maximum atomic E-state index is 6.36. The molecule has 0 amide bonds. The predicted octanol–water partition coefficient (Wildman–Crippen LogP) is 5.37. The van der Waals surface area contributed by atoms with Crippen LogP contribution in [0.3, 0.4) is 0 Å². The number of thiophene rings is 1. The van der Waals surface area contributed by atoms with Gasteiger partial charge in [0.15, 0.2) is 0 Å². The Hall–Kier alpha value is -0.540. The molecule has 0 bridgehead atoms. The highest BCUT2D eigenvalue weighted by molar-refractivity contribution is 7.12. The summed E-state index contributed by atoms with van der Waals surface area (Å²) in [5.41, 5.74) is 2.32. The lowest BCUT2D eigenvalue weighted by Gasteiger charge is -2.20. The Bertz CT molecular complexity index is 578. The van der Waals surface area contributed by atoms with Crippen LogP contribution in [0.15, 0.2) is 24.3 Å². The zero-order valence-electron chi connectivity index (χ0n) is 11.3. The smallest absolute Gasteiger partial charge is 0.0643 e. The highest BCUT2D eigenvalue weighted by Crippen LogP contribution is 2.36. The number of hydrogen-bond donors (Lipinski definition) is 1. The summed E-state index contributed by atoms with van der Waals surface area (Å²) in [5.74, 6) is 0. The Kier molecular flexibility index (Phi) is 4.91. The second-order valence-electron chi connectivity index (χ2n) is 4.50. The van der Waals surface area contributed by atoms with Crippen molar-refractivity contribution in [1.29, 1.82) is 0 Å². The average molecular weight is 314 g/mol. The summed E-state index contributed by atoms with van der Waals surface area (Å²) in [7, 11) is 0. The summed E-state index contributed by atoms with van der Waals surface area (Å²) in [5, 5.41) is 4.74. The number of hydrogen-bond acceptors (Lipinski definition) is 2. The zero-order chi connectivity index (χ0) is 14.0. The molecule has 1 unspecified atom stereocenters. The summed E-state index contributed by atoms with van der Waals surface area (Å²) in [6.45, 7) is 7.25. The molecular formula is C15H17Cl2NS. The Morgan fingerprint density at radius 1 is 1.21 bits per heavy atom. The van der Waals surface area contributed by atoms with Crippen LogP contribution in [0.5, 0.6) is 0 Å². The minimum absolute atomic E-state index is 0.0983. The van der Waals surface area contributed by atoms with Gasteiger partial charge in [0, 0.05) is 9.75 Å². The Morgan fingerprint density at radius 2 is 1.95 bits per heavy atom. The summed E-state index contributed by atoms with van der Waals surface area (Å²) in [6, 6.07) is 8.13. The SMILES string of the molecule is CCNC(c1cc(C)sc1C)c1cccc(Cl)c1Cl. The maximum absolute atomic E-state index is 6.36. The summed E-state index contributed by atoms with van der Waals surface area (Å²) in [4.78, 5) is 2.63. The van der Waals surface area contributed by atoms with Gasteiger partial charge in [-0.1, -0.05) is 42.3 Å². The van der Waals surface area contributed by atoms with Gasteiger partial charge in [0.1, 0.15) is 0 Å². The van der Waals surface area contributed by atoms with E-state index in [1.165, 1.54) is 15.3 Å². The van der Waals surface area contributed by atoms with Gasteiger partial charge in [-0.05, 0) is 43.7 Å². The van der Waals surface area contributed by atoms with Crippen LogP contribution in [0.2, 0.25) is 10.0 Å². The van der Waals surface area contributed by atoms with E-state index < -0.39 is 0 Å². The molecule has 0 saturated carbocycles. The maximum Gasteiger partial charge on any atom is 0.0643 e. The van der Waals surface area contributed by atoms with Crippen LogP contribution in [0.25, 0.3) is 0 Å². The van der Waals surface area contributed by atoms with Crippen molar-refractivity contribution in [3.8, 4) is 0 Å². The van der Waals surface area contributed by atoms with Crippen molar-refractivity contribution in [1.82, 2.24) is 5.32 Å². The fraction of sp³-hybridized carbons (Fsp3) is 0.333. The Labute approximate surface area is 128 Å². The predicted molar refractivity (Wildman–Crippen MR) is 85.8 cm³/mol. The van der Waals surface area contributed by atoms with Crippen molar-refractivity contribution < 1.29 is 0 Å². The van der Waals surface area contributed by atoms with Gasteiger partial charge >= 0.3 is 0 Å². The van der Waals surface area contributed by atoms with Crippen LogP contribution < -0.4 is 5.32 Å². The molecule has 1 atom stereocenters. The number of nitrogens with one attached hydrogen (secondary N) is 1. The van der Waals surface area contributed by atoms with Crippen LogP contribution in [-0.4, -0.2) is 6.54 Å². The molecule has 102 valence electrons. The number of rotatable bonds is 4. The summed E-state index contributed by atoms with van der Waals surface area (Å²) < 4.78 is 0. The van der Waals surface area contributed by atoms with E-state index in [9.17, 15) is 0 Å². The van der Waals surface area contributed by atoms with Crippen LogP contribution >= 0.6 is 34.5 Å². The van der Waals surface area contributed by atoms with Crippen LogP contribution in [-0.2, 0) is 0 Å². The number of aryl methyl sites for hydroxylation is 2. The van der Waals surface area contributed by atoms with E-state index in [4.69, 9.17) is 23.2 Å². The van der Waals surface area contributed by atoms with Gasteiger partial charge in [-0.3, -0.25) is 0 Å². The topological polar surface area (TPSA) is 12.0 Å². The lowest BCUT2D eigenvalue weighted by Crippen LogP contribution is -2.22. The van der Waals surface area contributed by atoms with Gasteiger partial charge in [0.05, 0.1) is 16.1 Å². The molecule has 2 rings (SSSR count). The molecule has 4 heteroatoms. The standard InChI is InChI=1S/C15H17Cl2NS/c1-4-18-15(12-8-9(2)19-10(12)3)11-6-5-7-13(16)14(11)17/h5-8,15,18H,4H2,1-3H3. The average Bonchev–Trinajstić information content (AvgIpc) is 2.69. The molecule has 1 N–H and O–H groups in total. The van der Waals surface area contributed by atoms with Gasteiger partial charge in [-0.25, -0.2) is 0 Å². The molecule has 1 heterocycles. The van der Waals surface area contributed by atoms with Gasteiger partial charge < -0.3 is 5.32 Å². The highest BCUT2D eigenvalue weighted by atomic mass is 35.5. The molecule has 1 nitrogen and oxygen atoms in total. The molecule has 0 saturated heterocycles. The van der Waals surface area contributed by atoms with Crippen molar-refractivity contribution in [3.05, 3.63) is 55.2 Å². The first kappa shape index (κ1) is 14.9. The molecule has 0 aliphatic heterocycles. The summed E-state index contributed by atoms with van der Waals surface area (Å²) in [6.07, 6.45) is 0. The molecule has 0 radical (unpaired) electrons. The molecule has 0 aliphatic rings. The molecule has 1 aromatic carbocycles. The largest absolute Gasteiger partial charge is 0.306 e. The molecule has 19 heavy (non-hydrogen) atoms. The van der Waals surface area contributed by atoms with E-state index in [1.54, 1.807) is 0 Å². The van der Waals surface area contributed by atoms with E-state index >= 15 is 0 Å². The zero-order valence-corrected chi connectivity index (χ0v) is 13.6. The first-order chi connectivity index (χ1) is 9.04. The van der Waals surface area contributed by atoms with Crippen molar-refractivity contribution in [3.63, 3.8) is 0 Å². The van der Waals surface area contributed by atoms with Crippen molar-refractivity contribution >= 4 is 34.5 Å². The molecule has 1 aromatic heterocycles. The van der Waals surface area contributed by atoms with Crippen LogP contribution in [0.1, 0.15) is 33.8 Å².